The molecule has 0 N–H and O–H groups in total. The van der Waals surface area contributed by atoms with Gasteiger partial charge in [-0.1, -0.05) is 42.8 Å². The average molecular weight is 484 g/mol. The summed E-state index contributed by atoms with van der Waals surface area (Å²) in [5, 5.41) is 4.87. The average Bonchev–Trinajstić information content (AvgIpc) is 3.43. The molecule has 36 heavy (non-hydrogen) atoms. The zero-order valence-electron chi connectivity index (χ0n) is 20.7. The lowest BCUT2D eigenvalue weighted by molar-refractivity contribution is -0.120. The van der Waals surface area contributed by atoms with Crippen molar-refractivity contribution < 1.29 is 9.59 Å². The van der Waals surface area contributed by atoms with Crippen molar-refractivity contribution in [2.75, 3.05) is 44.2 Å². The number of aromatic nitrogens is 2. The summed E-state index contributed by atoms with van der Waals surface area (Å²) in [6.07, 6.45) is 6.21. The first kappa shape index (κ1) is 23.0. The summed E-state index contributed by atoms with van der Waals surface area (Å²) in [5.41, 5.74) is 6.25. The van der Waals surface area contributed by atoms with Gasteiger partial charge in [0, 0.05) is 49.7 Å². The van der Waals surface area contributed by atoms with Gasteiger partial charge in [0.25, 0.3) is 5.91 Å². The minimum Gasteiger partial charge on any atom is -0.335 e. The standard InChI is InChI=1S/C29H33N5O2/c35-27(33-16-15-22-9-7-8-13-25(22)33)21-31-17-19-32(20-18-31)29(36)28-24-12-5-2-6-14-26(24)34(30-28)23-10-3-1-4-11-23/h1,3-4,7-11,13H,2,5-6,12,14-21H2. The number of fused-ring (bicyclic) bond motifs is 2. The van der Waals surface area contributed by atoms with Crippen LogP contribution in [0.4, 0.5) is 5.69 Å². The van der Waals surface area contributed by atoms with Crippen LogP contribution >= 0.6 is 0 Å². The van der Waals surface area contributed by atoms with E-state index in [9.17, 15) is 9.59 Å². The number of rotatable bonds is 4. The van der Waals surface area contributed by atoms with Crippen LogP contribution in [0.1, 0.15) is 46.6 Å². The lowest BCUT2D eigenvalue weighted by Crippen LogP contribution is -2.51. The fraction of sp³-hybridized carbons (Fsp3) is 0.414. The van der Waals surface area contributed by atoms with Gasteiger partial charge in [0.15, 0.2) is 5.69 Å². The lowest BCUT2D eigenvalue weighted by Gasteiger charge is -2.34. The van der Waals surface area contributed by atoms with Crippen LogP contribution in [0.5, 0.6) is 0 Å². The van der Waals surface area contributed by atoms with Crippen molar-refractivity contribution in [2.24, 2.45) is 0 Å². The van der Waals surface area contributed by atoms with Gasteiger partial charge in [-0.15, -0.1) is 0 Å². The normalized spacial score (nSPS) is 18.0. The maximum absolute atomic E-state index is 13.7. The molecule has 1 saturated heterocycles. The molecule has 3 aromatic rings. The first-order valence-corrected chi connectivity index (χ1v) is 13.2. The molecule has 2 aromatic carbocycles. The van der Waals surface area contributed by atoms with Crippen molar-refractivity contribution >= 4 is 17.5 Å². The van der Waals surface area contributed by atoms with Gasteiger partial charge in [0.2, 0.25) is 5.91 Å². The van der Waals surface area contributed by atoms with Crippen LogP contribution in [0.15, 0.2) is 54.6 Å². The summed E-state index contributed by atoms with van der Waals surface area (Å²) in [6, 6.07) is 18.3. The Hall–Kier alpha value is -3.45. The number of anilines is 1. The number of para-hydroxylation sites is 2. The molecule has 0 radical (unpaired) electrons. The smallest absolute Gasteiger partial charge is 0.274 e. The molecule has 0 bridgehead atoms. The van der Waals surface area contributed by atoms with E-state index < -0.39 is 0 Å². The molecule has 0 spiro atoms. The van der Waals surface area contributed by atoms with Gasteiger partial charge >= 0.3 is 0 Å². The minimum absolute atomic E-state index is 0.0299. The minimum atomic E-state index is 0.0299. The first-order valence-electron chi connectivity index (χ1n) is 13.2. The number of amides is 2. The SMILES string of the molecule is O=C(c1nn(-c2ccccc2)c2c1CCCCC2)N1CCN(CC(=O)N2CCc3ccccc32)CC1. The van der Waals surface area contributed by atoms with Crippen LogP contribution in [0.2, 0.25) is 0 Å². The topological polar surface area (TPSA) is 61.7 Å². The maximum Gasteiger partial charge on any atom is 0.274 e. The Labute approximate surface area is 212 Å². The molecule has 0 unspecified atom stereocenters. The predicted molar refractivity (Wildman–Crippen MR) is 140 cm³/mol. The summed E-state index contributed by atoms with van der Waals surface area (Å²) in [7, 11) is 0. The second-order valence-electron chi connectivity index (χ2n) is 10.1. The van der Waals surface area contributed by atoms with E-state index >= 15 is 0 Å². The molecular weight excluding hydrogens is 450 g/mol. The largest absolute Gasteiger partial charge is 0.335 e. The van der Waals surface area contributed by atoms with Crippen LogP contribution in [0.25, 0.3) is 5.69 Å². The lowest BCUT2D eigenvalue weighted by atomic mass is 10.1. The number of nitrogens with zero attached hydrogens (tertiary/aromatic N) is 5. The van der Waals surface area contributed by atoms with E-state index in [-0.39, 0.29) is 11.8 Å². The van der Waals surface area contributed by atoms with Crippen molar-refractivity contribution in [1.29, 1.82) is 0 Å². The molecule has 3 heterocycles. The third-order valence-electron chi connectivity index (χ3n) is 7.84. The predicted octanol–water partition coefficient (Wildman–Crippen LogP) is 3.49. The van der Waals surface area contributed by atoms with E-state index in [1.165, 1.54) is 17.7 Å². The molecule has 186 valence electrons. The summed E-state index contributed by atoms with van der Waals surface area (Å²) in [4.78, 5) is 32.7. The summed E-state index contributed by atoms with van der Waals surface area (Å²) in [6.45, 7) is 3.80. The third-order valence-corrected chi connectivity index (χ3v) is 7.84. The van der Waals surface area contributed by atoms with Crippen LogP contribution in [-0.4, -0.2) is 70.7 Å². The van der Waals surface area contributed by atoms with E-state index in [2.05, 4.69) is 23.1 Å². The zero-order valence-corrected chi connectivity index (χ0v) is 20.7. The number of carbonyl (C=O) groups excluding carboxylic acids is 2. The summed E-state index contributed by atoms with van der Waals surface area (Å²) < 4.78 is 2.00. The molecule has 6 rings (SSSR count). The Bertz CT molecular complexity index is 1260. The van der Waals surface area contributed by atoms with E-state index in [0.29, 0.717) is 38.4 Å². The number of benzene rings is 2. The Kier molecular flexibility index (Phi) is 6.32. The summed E-state index contributed by atoms with van der Waals surface area (Å²) >= 11 is 0. The highest BCUT2D eigenvalue weighted by Gasteiger charge is 2.31. The van der Waals surface area contributed by atoms with Gasteiger partial charge in [-0.05, 0) is 55.9 Å². The quantitative estimate of drug-likeness (QED) is 0.533. The maximum atomic E-state index is 13.7. The monoisotopic (exact) mass is 483 g/mol. The molecule has 1 aromatic heterocycles. The van der Waals surface area contributed by atoms with Crippen LogP contribution < -0.4 is 4.90 Å². The fourth-order valence-corrected chi connectivity index (χ4v) is 5.86. The van der Waals surface area contributed by atoms with E-state index in [1.807, 2.05) is 50.9 Å². The van der Waals surface area contributed by atoms with Gasteiger partial charge in [-0.2, -0.15) is 5.10 Å². The molecule has 2 aliphatic heterocycles. The zero-order chi connectivity index (χ0) is 24.5. The molecule has 1 fully saturated rings. The number of piperazine rings is 1. The Morgan fingerprint density at radius 1 is 0.778 bits per heavy atom. The number of hydrogen-bond acceptors (Lipinski definition) is 4. The van der Waals surface area contributed by atoms with Gasteiger partial charge in [-0.25, -0.2) is 4.68 Å². The number of hydrogen-bond donors (Lipinski definition) is 0. The molecule has 1 aliphatic carbocycles. The highest BCUT2D eigenvalue weighted by Crippen LogP contribution is 2.29. The van der Waals surface area contributed by atoms with Crippen LogP contribution in [-0.2, 0) is 24.1 Å². The Balaban J connectivity index is 1.14. The van der Waals surface area contributed by atoms with Crippen molar-refractivity contribution in [3.63, 3.8) is 0 Å². The van der Waals surface area contributed by atoms with Crippen molar-refractivity contribution in [3.05, 3.63) is 77.1 Å². The molecular formula is C29H33N5O2. The molecule has 7 heteroatoms. The highest BCUT2D eigenvalue weighted by atomic mass is 16.2. The first-order chi connectivity index (χ1) is 17.7. The molecule has 3 aliphatic rings. The summed E-state index contributed by atoms with van der Waals surface area (Å²) in [5.74, 6) is 0.175. The molecule has 2 amide bonds. The van der Waals surface area contributed by atoms with E-state index in [0.717, 1.165) is 55.6 Å². The third kappa shape index (κ3) is 4.32. The Morgan fingerprint density at radius 2 is 1.53 bits per heavy atom. The van der Waals surface area contributed by atoms with Crippen molar-refractivity contribution in [2.45, 2.75) is 38.5 Å². The fourth-order valence-electron chi connectivity index (χ4n) is 5.86. The van der Waals surface area contributed by atoms with Gasteiger partial charge in [0.1, 0.15) is 0 Å². The molecule has 7 nitrogen and oxygen atoms in total. The van der Waals surface area contributed by atoms with Crippen LogP contribution in [0, 0.1) is 0 Å². The Morgan fingerprint density at radius 3 is 2.36 bits per heavy atom. The molecule has 0 saturated carbocycles. The van der Waals surface area contributed by atoms with Crippen molar-refractivity contribution in [1.82, 2.24) is 19.6 Å². The number of carbonyl (C=O) groups is 2. The van der Waals surface area contributed by atoms with Gasteiger partial charge < -0.3 is 9.80 Å². The van der Waals surface area contributed by atoms with Crippen molar-refractivity contribution in [3.8, 4) is 5.69 Å². The second-order valence-corrected chi connectivity index (χ2v) is 10.1. The second kappa shape index (κ2) is 9.90. The van der Waals surface area contributed by atoms with Crippen LogP contribution in [0.3, 0.4) is 0 Å². The highest BCUT2D eigenvalue weighted by molar-refractivity contribution is 5.97. The molecule has 0 atom stereocenters. The van der Waals surface area contributed by atoms with Gasteiger partial charge in [0.05, 0.1) is 12.2 Å². The van der Waals surface area contributed by atoms with Gasteiger partial charge in [-0.3, -0.25) is 14.5 Å². The van der Waals surface area contributed by atoms with E-state index in [1.54, 1.807) is 0 Å². The van der Waals surface area contributed by atoms with E-state index in [4.69, 9.17) is 5.10 Å².